The molecule has 0 N–H and O–H groups in total. The maximum Gasteiger partial charge on any atom is 0.253 e. The molecule has 0 saturated heterocycles. The Hall–Kier alpha value is -8.42. The van der Waals surface area contributed by atoms with Gasteiger partial charge in [-0.2, -0.15) is 0 Å². The summed E-state index contributed by atoms with van der Waals surface area (Å²) in [6, 6.07) is 88.0. The molecule has 3 nitrogen and oxygen atoms in total. The lowest BCUT2D eigenvalue weighted by atomic mass is 9.32. The van der Waals surface area contributed by atoms with E-state index in [9.17, 15) is 0 Å². The minimum atomic E-state index is -0.117. The van der Waals surface area contributed by atoms with Gasteiger partial charge in [0.2, 0.25) is 0 Å². The molecule has 4 heterocycles. The fraction of sp³-hybridized carbons (Fsp3) is 0.0303. The van der Waals surface area contributed by atoms with Gasteiger partial charge in [-0.3, -0.25) is 0 Å². The molecule has 0 spiro atoms. The van der Waals surface area contributed by atoms with Gasteiger partial charge < -0.3 is 14.7 Å². The summed E-state index contributed by atoms with van der Waals surface area (Å²) in [6.07, 6.45) is 4.40. The van der Waals surface area contributed by atoms with Crippen molar-refractivity contribution in [2.75, 3.05) is 14.7 Å². The van der Waals surface area contributed by atoms with E-state index >= 15 is 0 Å². The largest absolute Gasteiger partial charge is 0.315 e. The highest BCUT2D eigenvalue weighted by Crippen LogP contribution is 2.51. The maximum absolute atomic E-state index is 2.67. The molecule has 15 rings (SSSR count). The van der Waals surface area contributed by atoms with Crippen LogP contribution in [0.2, 0.25) is 0 Å². The van der Waals surface area contributed by atoms with Gasteiger partial charge in [0.25, 0.3) is 6.71 Å². The van der Waals surface area contributed by atoms with Crippen LogP contribution in [0.4, 0.5) is 45.5 Å². The quantitative estimate of drug-likeness (QED) is 0.147. The lowest BCUT2D eigenvalue weighted by Crippen LogP contribution is -2.62. The summed E-state index contributed by atoms with van der Waals surface area (Å²) in [5.41, 5.74) is 20.9. The van der Waals surface area contributed by atoms with Gasteiger partial charge in [0, 0.05) is 75.3 Å². The molecule has 338 valence electrons. The Morgan fingerprint density at radius 3 is 1.54 bits per heavy atom. The van der Waals surface area contributed by atoms with Gasteiger partial charge in [0.15, 0.2) is 0 Å². The Balaban J connectivity index is 1.09. The van der Waals surface area contributed by atoms with Crippen LogP contribution in [0.25, 0.3) is 58.6 Å². The number of rotatable bonds is 7. The Kier molecular flexibility index (Phi) is 9.54. The van der Waals surface area contributed by atoms with Crippen molar-refractivity contribution >= 4 is 128 Å². The molecule has 2 aliphatic heterocycles. The van der Waals surface area contributed by atoms with Crippen LogP contribution in [0.15, 0.2) is 242 Å². The fourth-order valence-electron chi connectivity index (χ4n) is 12.1. The van der Waals surface area contributed by atoms with Gasteiger partial charge in [-0.15, -0.1) is 22.7 Å². The van der Waals surface area contributed by atoms with Crippen LogP contribution < -0.4 is 31.1 Å². The molecule has 0 radical (unpaired) electrons. The van der Waals surface area contributed by atoms with Gasteiger partial charge in [-0.1, -0.05) is 164 Å². The summed E-state index contributed by atoms with van der Waals surface area (Å²) in [5.74, 6) is 0. The first-order valence-electron chi connectivity index (χ1n) is 24.9. The highest BCUT2D eigenvalue weighted by Gasteiger charge is 2.47. The van der Waals surface area contributed by atoms with E-state index in [1.54, 1.807) is 0 Å². The molecular weight excluding hydrogens is 910 g/mol. The lowest BCUT2D eigenvalue weighted by Gasteiger charge is -2.47. The van der Waals surface area contributed by atoms with Crippen LogP contribution in [0.1, 0.15) is 16.9 Å². The smallest absolute Gasteiger partial charge is 0.253 e. The summed E-state index contributed by atoms with van der Waals surface area (Å²) in [5, 5.41) is 3.98. The third kappa shape index (κ3) is 6.42. The monoisotopic (exact) mass is 953 g/mol. The van der Waals surface area contributed by atoms with Gasteiger partial charge >= 0.3 is 0 Å². The SMILES string of the molecule is C1=C(N2c3cccc(-c4ccccc4)c3B3c4c(-c5ccccc5)cccc4N(c4ccc5c(c4)sc4ccccc45)c4cc(N(c5ccccc5)c5ccccc5)cc2c43)CCc2c1sc1ccccc21. The van der Waals surface area contributed by atoms with Crippen LogP contribution in [-0.2, 0) is 6.42 Å². The maximum atomic E-state index is 2.67. The molecule has 0 unspecified atom stereocenters. The molecule has 0 saturated carbocycles. The number of hydrogen-bond donors (Lipinski definition) is 0. The lowest BCUT2D eigenvalue weighted by molar-refractivity contribution is 0.907. The Morgan fingerprint density at radius 2 is 0.903 bits per heavy atom. The Morgan fingerprint density at radius 1 is 0.375 bits per heavy atom. The number of allylic oxidation sites excluding steroid dienone is 1. The zero-order valence-corrected chi connectivity index (χ0v) is 40.9. The number of nitrogens with zero attached hydrogens (tertiary/aromatic N) is 3. The number of fused-ring (bicyclic) bond motifs is 10. The number of hydrogen-bond acceptors (Lipinski definition) is 5. The second kappa shape index (κ2) is 16.6. The fourth-order valence-corrected chi connectivity index (χ4v) is 14.5. The van der Waals surface area contributed by atoms with Crippen LogP contribution in [0.3, 0.4) is 0 Å². The number of para-hydroxylation sites is 2. The molecule has 3 aliphatic rings. The van der Waals surface area contributed by atoms with Crippen molar-refractivity contribution in [1.82, 2.24) is 0 Å². The standard InChI is InChI=1S/C66H44BN3S2/c1-5-19-43(20-6-1)50-29-17-31-56-64(50)67-65-51(44-21-7-2-8-22-44)30-18-32-57(65)70(48-36-38-55-53-28-14-16-34-61(53)72-63(55)42-48)59-40-49(68(45-23-9-3-10-24-45)46-25-11-4-12-26-46)39-58(66(59)67)69(56)47-35-37-54-52-27-13-15-33-60(52)71-62(54)41-47/h1-35,37,39-42H,36,38H2. The molecule has 6 heteroatoms. The van der Waals surface area contributed by atoms with Crippen LogP contribution in [-0.4, -0.2) is 6.71 Å². The molecule has 0 amide bonds. The number of thiophene rings is 2. The van der Waals surface area contributed by atoms with E-state index in [4.69, 9.17) is 0 Å². The molecule has 12 aromatic rings. The molecule has 2 aromatic heterocycles. The second-order valence-electron chi connectivity index (χ2n) is 19.1. The Labute approximate surface area is 427 Å². The molecule has 0 fully saturated rings. The normalized spacial score (nSPS) is 13.4. The molecule has 1 aliphatic carbocycles. The number of anilines is 8. The molecule has 10 aromatic carbocycles. The predicted molar refractivity (Wildman–Crippen MR) is 311 cm³/mol. The summed E-state index contributed by atoms with van der Waals surface area (Å²) in [7, 11) is 0. The van der Waals surface area contributed by atoms with Crippen molar-refractivity contribution < 1.29 is 0 Å². The minimum Gasteiger partial charge on any atom is -0.315 e. The van der Waals surface area contributed by atoms with E-state index in [1.165, 1.54) is 108 Å². The summed E-state index contributed by atoms with van der Waals surface area (Å²) < 4.78 is 3.93. The van der Waals surface area contributed by atoms with E-state index in [0.717, 1.165) is 35.6 Å². The van der Waals surface area contributed by atoms with Gasteiger partial charge in [-0.05, 0) is 141 Å². The van der Waals surface area contributed by atoms with Crippen molar-refractivity contribution in [2.45, 2.75) is 12.8 Å². The van der Waals surface area contributed by atoms with E-state index in [1.807, 2.05) is 22.7 Å². The zero-order valence-electron chi connectivity index (χ0n) is 39.2. The highest BCUT2D eigenvalue weighted by atomic mass is 32.1. The average molecular weight is 954 g/mol. The van der Waals surface area contributed by atoms with Crippen molar-refractivity contribution in [3.8, 4) is 22.3 Å². The first-order valence-corrected chi connectivity index (χ1v) is 26.5. The van der Waals surface area contributed by atoms with Gasteiger partial charge in [0.05, 0.1) is 5.69 Å². The van der Waals surface area contributed by atoms with Crippen LogP contribution >= 0.6 is 22.7 Å². The van der Waals surface area contributed by atoms with Crippen LogP contribution in [0, 0.1) is 0 Å². The average Bonchev–Trinajstić information content (AvgIpc) is 4.02. The number of aryl methyl sites for hydroxylation is 1. The molecule has 0 bridgehead atoms. The van der Waals surface area contributed by atoms with Crippen molar-refractivity contribution in [2.24, 2.45) is 0 Å². The van der Waals surface area contributed by atoms with E-state index in [0.29, 0.717) is 0 Å². The van der Waals surface area contributed by atoms with E-state index in [2.05, 4.69) is 257 Å². The molecule has 0 atom stereocenters. The summed E-state index contributed by atoms with van der Waals surface area (Å²) in [6.45, 7) is -0.117. The number of benzene rings is 10. The van der Waals surface area contributed by atoms with Gasteiger partial charge in [-0.25, -0.2) is 0 Å². The van der Waals surface area contributed by atoms with Gasteiger partial charge in [0.1, 0.15) is 0 Å². The third-order valence-electron chi connectivity index (χ3n) is 15.1. The molecular formula is C66H44BN3S2. The van der Waals surface area contributed by atoms with Crippen molar-refractivity contribution in [3.05, 3.63) is 253 Å². The first kappa shape index (κ1) is 41.4. The summed E-state index contributed by atoms with van der Waals surface area (Å²) >= 11 is 3.80. The highest BCUT2D eigenvalue weighted by molar-refractivity contribution is 7.25. The minimum absolute atomic E-state index is 0.117. The van der Waals surface area contributed by atoms with Crippen LogP contribution in [0.5, 0.6) is 0 Å². The van der Waals surface area contributed by atoms with E-state index < -0.39 is 0 Å². The summed E-state index contributed by atoms with van der Waals surface area (Å²) in [4.78, 5) is 9.08. The topological polar surface area (TPSA) is 9.72 Å². The van der Waals surface area contributed by atoms with Crippen molar-refractivity contribution in [3.63, 3.8) is 0 Å². The van der Waals surface area contributed by atoms with E-state index in [-0.39, 0.29) is 6.71 Å². The zero-order chi connectivity index (χ0) is 47.3. The molecule has 72 heavy (non-hydrogen) atoms. The second-order valence-corrected chi connectivity index (χ2v) is 21.2. The Bertz CT molecular complexity index is 4090. The first-order chi connectivity index (χ1) is 35.7. The third-order valence-corrected chi connectivity index (χ3v) is 17.4. The van der Waals surface area contributed by atoms with Crippen molar-refractivity contribution in [1.29, 1.82) is 0 Å². The predicted octanol–water partition coefficient (Wildman–Crippen LogP) is 16.8.